The Kier molecular flexibility index (Phi) is 4.96. The van der Waals surface area contributed by atoms with E-state index < -0.39 is 15.1 Å². The van der Waals surface area contributed by atoms with Crippen molar-refractivity contribution in [2.45, 2.75) is 6.92 Å². The molecule has 0 N–H and O–H groups in total. The molecule has 0 bridgehead atoms. The van der Waals surface area contributed by atoms with E-state index in [1.54, 1.807) is 0 Å². The Labute approximate surface area is 161 Å². The molecule has 3 aromatic rings. The van der Waals surface area contributed by atoms with Crippen LogP contribution in [-0.4, -0.2) is 11.9 Å². The summed E-state index contributed by atoms with van der Waals surface area (Å²) in [6, 6.07) is 29.3. The third kappa shape index (κ3) is 3.14. The predicted molar refractivity (Wildman–Crippen MR) is 115 cm³/mol. The molecule has 0 saturated heterocycles. The van der Waals surface area contributed by atoms with Gasteiger partial charge in [0.15, 0.2) is 12.9 Å². The highest BCUT2D eigenvalue weighted by Gasteiger charge is 2.43. The van der Waals surface area contributed by atoms with Crippen molar-refractivity contribution < 1.29 is 9.36 Å². The minimum Gasteiger partial charge on any atom is -0.309 e. The van der Waals surface area contributed by atoms with Gasteiger partial charge in [0, 0.05) is 27.4 Å². The standard InChI is InChI=1S/C23H20O2P2/c1-18-22(24)17-26(19-11-5-2-6-12-19)23(18)27(25,20-13-7-3-8-14-20)21-15-9-4-10-16-21/h2-16H,17H2,1H3. The molecule has 2 nitrogen and oxygen atoms in total. The Hall–Kier alpha value is -2.27. The summed E-state index contributed by atoms with van der Waals surface area (Å²) in [5.41, 5.74) is 0.681. The molecule has 134 valence electrons. The number of rotatable bonds is 4. The first-order valence-corrected chi connectivity index (χ1v) is 12.1. The molecular formula is C23H20O2P2. The minimum absolute atomic E-state index is 0.118. The van der Waals surface area contributed by atoms with Crippen molar-refractivity contribution in [3.63, 3.8) is 0 Å². The molecule has 1 aliphatic heterocycles. The van der Waals surface area contributed by atoms with Crippen LogP contribution in [0.25, 0.3) is 0 Å². The number of allylic oxidation sites excluding steroid dienone is 1. The summed E-state index contributed by atoms with van der Waals surface area (Å²) >= 11 is 0. The summed E-state index contributed by atoms with van der Waals surface area (Å²) in [4.78, 5) is 12.7. The fourth-order valence-corrected chi connectivity index (χ4v) is 10.9. The van der Waals surface area contributed by atoms with Crippen LogP contribution in [-0.2, 0) is 9.36 Å². The lowest BCUT2D eigenvalue weighted by molar-refractivity contribution is -0.113. The molecule has 1 unspecified atom stereocenters. The molecule has 1 atom stereocenters. The zero-order valence-corrected chi connectivity index (χ0v) is 16.9. The summed E-state index contributed by atoms with van der Waals surface area (Å²) in [6.07, 6.45) is 0.449. The van der Waals surface area contributed by atoms with Crippen molar-refractivity contribution in [3.8, 4) is 0 Å². The van der Waals surface area contributed by atoms with E-state index in [4.69, 9.17) is 0 Å². The molecule has 1 heterocycles. The molecule has 0 amide bonds. The van der Waals surface area contributed by atoms with Gasteiger partial charge in [-0.2, -0.15) is 0 Å². The number of Topliss-reactive ketones (excluding diaryl/α,β-unsaturated/α-hetero) is 1. The van der Waals surface area contributed by atoms with Crippen LogP contribution in [0.1, 0.15) is 6.92 Å². The predicted octanol–water partition coefficient (Wildman–Crippen LogP) is 4.62. The fourth-order valence-electron chi connectivity index (χ4n) is 3.56. The van der Waals surface area contributed by atoms with Gasteiger partial charge in [-0.25, -0.2) is 0 Å². The molecule has 0 aromatic heterocycles. The van der Waals surface area contributed by atoms with Gasteiger partial charge in [0.05, 0.1) is 0 Å². The molecule has 3 aromatic carbocycles. The number of hydrogen-bond acceptors (Lipinski definition) is 2. The van der Waals surface area contributed by atoms with Crippen LogP contribution in [0.4, 0.5) is 0 Å². The minimum atomic E-state index is -3.10. The van der Waals surface area contributed by atoms with Crippen LogP contribution >= 0.6 is 15.1 Å². The van der Waals surface area contributed by atoms with Crippen LogP contribution in [0.2, 0.25) is 0 Å². The first kappa shape index (κ1) is 18.1. The van der Waals surface area contributed by atoms with Gasteiger partial charge in [0.1, 0.15) is 0 Å². The van der Waals surface area contributed by atoms with E-state index in [0.29, 0.717) is 11.7 Å². The largest absolute Gasteiger partial charge is 0.309 e. The third-order valence-corrected chi connectivity index (χ3v) is 11.8. The Bertz CT molecular complexity index is 998. The molecule has 0 radical (unpaired) electrons. The van der Waals surface area contributed by atoms with Gasteiger partial charge >= 0.3 is 0 Å². The van der Waals surface area contributed by atoms with Crippen LogP contribution in [0.3, 0.4) is 0 Å². The first-order valence-electron chi connectivity index (χ1n) is 8.91. The molecule has 1 aliphatic rings. The Balaban J connectivity index is 1.99. The van der Waals surface area contributed by atoms with Gasteiger partial charge in [0.25, 0.3) is 0 Å². The fraction of sp³-hybridized carbons (Fsp3) is 0.0870. The molecule has 4 heteroatoms. The molecule has 0 fully saturated rings. The number of carbonyl (C=O) groups is 1. The summed E-state index contributed by atoms with van der Waals surface area (Å²) in [5.74, 6) is 0.118. The average molecular weight is 390 g/mol. The number of ketones is 1. The smallest absolute Gasteiger partial charge is 0.172 e. The van der Waals surface area contributed by atoms with E-state index in [-0.39, 0.29) is 5.78 Å². The van der Waals surface area contributed by atoms with Gasteiger partial charge in [-0.3, -0.25) is 4.79 Å². The maximum Gasteiger partial charge on any atom is 0.172 e. The summed E-state index contributed by atoms with van der Waals surface area (Å²) < 4.78 is 14.8. The highest BCUT2D eigenvalue weighted by atomic mass is 31.2. The number of carbonyl (C=O) groups excluding carboxylic acids is 1. The quantitative estimate of drug-likeness (QED) is 0.609. The monoisotopic (exact) mass is 390 g/mol. The van der Waals surface area contributed by atoms with Gasteiger partial charge in [0.2, 0.25) is 0 Å². The Morgan fingerprint density at radius 2 is 1.19 bits per heavy atom. The van der Waals surface area contributed by atoms with Crippen molar-refractivity contribution in [3.05, 3.63) is 102 Å². The van der Waals surface area contributed by atoms with Crippen LogP contribution in [0.15, 0.2) is 102 Å². The van der Waals surface area contributed by atoms with Crippen LogP contribution in [0.5, 0.6) is 0 Å². The SMILES string of the molecule is CC1=C(P(=O)(c2ccccc2)c2ccccc2)P(c2ccccc2)CC1=O. The summed E-state index contributed by atoms with van der Waals surface area (Å²) in [6.45, 7) is 1.85. The lowest BCUT2D eigenvalue weighted by Gasteiger charge is -2.26. The normalized spacial score (nSPS) is 17.4. The van der Waals surface area contributed by atoms with Gasteiger partial charge in [-0.15, -0.1) is 0 Å². The van der Waals surface area contributed by atoms with Crippen molar-refractivity contribution >= 4 is 36.8 Å². The van der Waals surface area contributed by atoms with Crippen molar-refractivity contribution in [1.29, 1.82) is 0 Å². The molecule has 0 saturated carbocycles. The Morgan fingerprint density at radius 1 is 0.741 bits per heavy atom. The van der Waals surface area contributed by atoms with E-state index >= 15 is 0 Å². The van der Waals surface area contributed by atoms with Crippen molar-refractivity contribution in [1.82, 2.24) is 0 Å². The third-order valence-electron chi connectivity index (χ3n) is 4.92. The van der Waals surface area contributed by atoms with E-state index in [2.05, 4.69) is 12.1 Å². The zero-order chi connectivity index (χ0) is 18.9. The van der Waals surface area contributed by atoms with Crippen LogP contribution < -0.4 is 15.9 Å². The Morgan fingerprint density at radius 3 is 1.67 bits per heavy atom. The van der Waals surface area contributed by atoms with E-state index in [0.717, 1.165) is 21.0 Å². The number of benzene rings is 3. The van der Waals surface area contributed by atoms with Gasteiger partial charge < -0.3 is 4.57 Å². The van der Waals surface area contributed by atoms with Gasteiger partial charge in [-0.1, -0.05) is 91.0 Å². The van der Waals surface area contributed by atoms with E-state index in [9.17, 15) is 9.36 Å². The van der Waals surface area contributed by atoms with E-state index in [1.165, 1.54) is 0 Å². The topological polar surface area (TPSA) is 34.1 Å². The van der Waals surface area contributed by atoms with Crippen molar-refractivity contribution in [2.24, 2.45) is 0 Å². The maximum atomic E-state index is 14.8. The molecule has 0 spiro atoms. The molecule has 27 heavy (non-hydrogen) atoms. The van der Waals surface area contributed by atoms with Crippen molar-refractivity contribution in [2.75, 3.05) is 6.16 Å². The summed E-state index contributed by atoms with van der Waals surface area (Å²) in [7, 11) is -4.05. The highest BCUT2D eigenvalue weighted by molar-refractivity contribution is 7.96. The lowest BCUT2D eigenvalue weighted by atomic mass is 10.2. The molecule has 0 aliphatic carbocycles. The average Bonchev–Trinajstić information content (AvgIpc) is 3.04. The highest BCUT2D eigenvalue weighted by Crippen LogP contribution is 2.69. The maximum absolute atomic E-state index is 14.8. The zero-order valence-electron chi connectivity index (χ0n) is 15.1. The van der Waals surface area contributed by atoms with Gasteiger partial charge in [-0.05, 0) is 20.1 Å². The van der Waals surface area contributed by atoms with E-state index in [1.807, 2.05) is 85.8 Å². The second kappa shape index (κ2) is 7.39. The second-order valence-corrected chi connectivity index (χ2v) is 11.8. The summed E-state index contributed by atoms with van der Waals surface area (Å²) in [5, 5.41) is 3.55. The first-order chi connectivity index (χ1) is 13.1. The molecular weight excluding hydrogens is 370 g/mol. The lowest BCUT2D eigenvalue weighted by Crippen LogP contribution is -2.18. The van der Waals surface area contributed by atoms with Crippen LogP contribution in [0, 0.1) is 0 Å². The molecule has 4 rings (SSSR count). The second-order valence-electron chi connectivity index (χ2n) is 6.57. The number of hydrogen-bond donors (Lipinski definition) is 0.